The number of H-pyrrole nitrogens is 1. The van der Waals surface area contributed by atoms with E-state index in [0.717, 1.165) is 25.6 Å². The topological polar surface area (TPSA) is 35.2 Å². The zero-order valence-corrected chi connectivity index (χ0v) is 13.0. The fourth-order valence-electron chi connectivity index (χ4n) is 3.03. The third kappa shape index (κ3) is 4.62. The van der Waals surface area contributed by atoms with Gasteiger partial charge in [-0.05, 0) is 45.5 Å². The van der Waals surface area contributed by atoms with Crippen molar-refractivity contribution in [3.05, 3.63) is 17.5 Å². The Balaban J connectivity index is 1.83. The van der Waals surface area contributed by atoms with Crippen LogP contribution >= 0.6 is 0 Å². The number of rotatable bonds is 7. The standard InChI is InChI=1S/C15H28N4/c1-15(2,10-18(3)4)11-19(5)9-13-8-14(17-16-13)12-6-7-12/h8,12H,6-7,9-11H2,1-5H3,(H,16,17). The van der Waals surface area contributed by atoms with Gasteiger partial charge in [-0.3, -0.25) is 10.00 Å². The molecule has 0 bridgehead atoms. The quantitative estimate of drug-likeness (QED) is 0.821. The summed E-state index contributed by atoms with van der Waals surface area (Å²) in [5, 5.41) is 7.60. The van der Waals surface area contributed by atoms with Gasteiger partial charge in [0.15, 0.2) is 0 Å². The Morgan fingerprint density at radius 1 is 1.26 bits per heavy atom. The van der Waals surface area contributed by atoms with E-state index >= 15 is 0 Å². The van der Waals surface area contributed by atoms with Crippen molar-refractivity contribution >= 4 is 0 Å². The van der Waals surface area contributed by atoms with Crippen molar-refractivity contribution in [1.29, 1.82) is 0 Å². The zero-order chi connectivity index (χ0) is 14.0. The molecule has 1 aromatic heterocycles. The summed E-state index contributed by atoms with van der Waals surface area (Å²) in [5.74, 6) is 0.737. The van der Waals surface area contributed by atoms with Crippen LogP contribution in [0.2, 0.25) is 0 Å². The molecular weight excluding hydrogens is 236 g/mol. The maximum absolute atomic E-state index is 4.42. The lowest BCUT2D eigenvalue weighted by Gasteiger charge is -2.32. The highest BCUT2D eigenvalue weighted by Crippen LogP contribution is 2.39. The molecule has 1 aromatic rings. The second-order valence-corrected chi connectivity index (χ2v) is 7.17. The van der Waals surface area contributed by atoms with Crippen LogP contribution in [-0.2, 0) is 6.54 Å². The monoisotopic (exact) mass is 264 g/mol. The fourth-order valence-corrected chi connectivity index (χ4v) is 3.03. The van der Waals surface area contributed by atoms with Crippen LogP contribution in [0.5, 0.6) is 0 Å². The summed E-state index contributed by atoms with van der Waals surface area (Å²) in [4.78, 5) is 4.64. The van der Waals surface area contributed by atoms with E-state index in [1.807, 2.05) is 0 Å². The molecule has 0 radical (unpaired) electrons. The molecule has 1 heterocycles. The smallest absolute Gasteiger partial charge is 0.0656 e. The number of aromatic nitrogens is 2. The van der Waals surface area contributed by atoms with Gasteiger partial charge in [0.25, 0.3) is 0 Å². The van der Waals surface area contributed by atoms with Crippen LogP contribution < -0.4 is 0 Å². The third-order valence-corrected chi connectivity index (χ3v) is 3.53. The number of aromatic amines is 1. The Labute approximate surface area is 117 Å². The first-order valence-corrected chi connectivity index (χ1v) is 7.23. The minimum atomic E-state index is 0.303. The minimum Gasteiger partial charge on any atom is -0.309 e. The van der Waals surface area contributed by atoms with E-state index in [2.05, 4.69) is 61.1 Å². The van der Waals surface area contributed by atoms with Crippen molar-refractivity contribution in [2.24, 2.45) is 5.41 Å². The minimum absolute atomic E-state index is 0.303. The summed E-state index contributed by atoms with van der Waals surface area (Å²) in [7, 11) is 6.46. The van der Waals surface area contributed by atoms with E-state index in [0.29, 0.717) is 5.41 Å². The second kappa shape index (κ2) is 5.63. The lowest BCUT2D eigenvalue weighted by molar-refractivity contribution is 0.159. The number of hydrogen-bond acceptors (Lipinski definition) is 3. The summed E-state index contributed by atoms with van der Waals surface area (Å²) in [6.45, 7) is 7.80. The molecule has 1 aliphatic carbocycles. The highest BCUT2D eigenvalue weighted by Gasteiger charge is 2.26. The van der Waals surface area contributed by atoms with Gasteiger partial charge in [-0.25, -0.2) is 0 Å². The van der Waals surface area contributed by atoms with Crippen molar-refractivity contribution in [1.82, 2.24) is 20.0 Å². The first kappa shape index (κ1) is 14.5. The van der Waals surface area contributed by atoms with Crippen LogP contribution in [0.4, 0.5) is 0 Å². The van der Waals surface area contributed by atoms with Crippen molar-refractivity contribution in [3.8, 4) is 0 Å². The Morgan fingerprint density at radius 3 is 2.53 bits per heavy atom. The molecule has 1 fully saturated rings. The van der Waals surface area contributed by atoms with E-state index in [-0.39, 0.29) is 0 Å². The van der Waals surface area contributed by atoms with Crippen molar-refractivity contribution in [3.63, 3.8) is 0 Å². The summed E-state index contributed by atoms with van der Waals surface area (Å²) in [6, 6.07) is 2.24. The van der Waals surface area contributed by atoms with E-state index in [4.69, 9.17) is 0 Å². The molecule has 0 saturated heterocycles. The van der Waals surface area contributed by atoms with Crippen LogP contribution in [0.15, 0.2) is 6.07 Å². The van der Waals surface area contributed by atoms with Gasteiger partial charge in [0.05, 0.1) is 5.69 Å². The molecule has 0 aliphatic heterocycles. The van der Waals surface area contributed by atoms with Gasteiger partial charge >= 0.3 is 0 Å². The van der Waals surface area contributed by atoms with E-state index < -0.39 is 0 Å². The molecule has 4 heteroatoms. The number of nitrogens with zero attached hydrogens (tertiary/aromatic N) is 3. The van der Waals surface area contributed by atoms with Crippen molar-refractivity contribution in [2.45, 2.75) is 39.2 Å². The average molecular weight is 264 g/mol. The summed E-state index contributed by atoms with van der Waals surface area (Å²) < 4.78 is 0. The van der Waals surface area contributed by atoms with Gasteiger partial charge in [-0.15, -0.1) is 0 Å². The van der Waals surface area contributed by atoms with Crippen LogP contribution in [0.25, 0.3) is 0 Å². The summed E-state index contributed by atoms with van der Waals surface area (Å²) >= 11 is 0. The first-order valence-electron chi connectivity index (χ1n) is 7.23. The van der Waals surface area contributed by atoms with Gasteiger partial charge in [0.1, 0.15) is 0 Å². The lowest BCUT2D eigenvalue weighted by Crippen LogP contribution is -2.38. The number of hydrogen-bond donors (Lipinski definition) is 1. The Kier molecular flexibility index (Phi) is 4.31. The molecule has 0 atom stereocenters. The molecule has 108 valence electrons. The molecule has 1 N–H and O–H groups in total. The molecular formula is C15H28N4. The van der Waals surface area contributed by atoms with Crippen molar-refractivity contribution in [2.75, 3.05) is 34.2 Å². The first-order chi connectivity index (χ1) is 8.85. The van der Waals surface area contributed by atoms with Gasteiger partial charge in [0.2, 0.25) is 0 Å². The third-order valence-electron chi connectivity index (χ3n) is 3.53. The Morgan fingerprint density at radius 2 is 1.95 bits per heavy atom. The SMILES string of the molecule is CN(C)CC(C)(C)CN(C)Cc1cc(C2CC2)n[nH]1. The van der Waals surface area contributed by atoms with E-state index in [1.54, 1.807) is 0 Å². The predicted molar refractivity (Wildman–Crippen MR) is 79.2 cm³/mol. The predicted octanol–water partition coefficient (Wildman–Crippen LogP) is 2.31. The summed E-state index contributed by atoms with van der Waals surface area (Å²) in [5.41, 5.74) is 2.80. The number of nitrogens with one attached hydrogen (secondary N) is 1. The Bertz CT molecular complexity index is 404. The van der Waals surface area contributed by atoms with E-state index in [9.17, 15) is 0 Å². The second-order valence-electron chi connectivity index (χ2n) is 7.17. The highest BCUT2D eigenvalue weighted by atomic mass is 15.2. The molecule has 0 unspecified atom stereocenters. The van der Waals surface area contributed by atoms with Gasteiger partial charge in [-0.1, -0.05) is 13.8 Å². The van der Waals surface area contributed by atoms with E-state index in [1.165, 1.54) is 24.2 Å². The van der Waals surface area contributed by atoms with Crippen LogP contribution in [-0.4, -0.2) is 54.2 Å². The van der Waals surface area contributed by atoms with Crippen LogP contribution in [0.1, 0.15) is 44.0 Å². The van der Waals surface area contributed by atoms with Crippen LogP contribution in [0.3, 0.4) is 0 Å². The van der Waals surface area contributed by atoms with Crippen LogP contribution in [0, 0.1) is 5.41 Å². The fraction of sp³-hybridized carbons (Fsp3) is 0.800. The maximum Gasteiger partial charge on any atom is 0.0656 e. The van der Waals surface area contributed by atoms with Gasteiger partial charge in [-0.2, -0.15) is 5.10 Å². The van der Waals surface area contributed by atoms with Gasteiger partial charge < -0.3 is 4.90 Å². The Hall–Kier alpha value is -0.870. The molecule has 4 nitrogen and oxygen atoms in total. The van der Waals surface area contributed by atoms with Crippen molar-refractivity contribution < 1.29 is 0 Å². The average Bonchev–Trinajstić information content (AvgIpc) is 2.97. The molecule has 0 aromatic carbocycles. The highest BCUT2D eigenvalue weighted by molar-refractivity contribution is 5.17. The zero-order valence-electron chi connectivity index (χ0n) is 13.0. The molecule has 1 saturated carbocycles. The maximum atomic E-state index is 4.42. The normalized spacial score (nSPS) is 16.6. The van der Waals surface area contributed by atoms with Gasteiger partial charge in [0, 0.05) is 31.2 Å². The molecule has 1 aliphatic rings. The molecule has 19 heavy (non-hydrogen) atoms. The lowest BCUT2D eigenvalue weighted by atomic mass is 9.92. The largest absolute Gasteiger partial charge is 0.309 e. The molecule has 0 spiro atoms. The molecule has 2 rings (SSSR count). The molecule has 0 amide bonds. The summed E-state index contributed by atoms with van der Waals surface area (Å²) in [6.07, 6.45) is 2.63.